The molecular weight excluding hydrogens is 456 g/mol. The fraction of sp³-hybridized carbons (Fsp3) is 0.690. The summed E-state index contributed by atoms with van der Waals surface area (Å²) in [4.78, 5) is 27.2. The number of nitrogens with one attached hydrogen (secondary N) is 1. The van der Waals surface area contributed by atoms with Gasteiger partial charge in [0.15, 0.2) is 0 Å². The molecule has 0 heterocycles. The van der Waals surface area contributed by atoms with E-state index in [2.05, 4.69) is 17.1 Å². The number of hydrogen-bond acceptors (Lipinski definition) is 5. The van der Waals surface area contributed by atoms with Gasteiger partial charge in [0.05, 0.1) is 11.5 Å². The summed E-state index contributed by atoms with van der Waals surface area (Å²) < 4.78 is 5.64. The van der Waals surface area contributed by atoms with E-state index in [0.717, 1.165) is 63.5 Å². The highest BCUT2D eigenvalue weighted by atomic mass is 16.6. The van der Waals surface area contributed by atoms with Crippen LogP contribution in [0.4, 0.5) is 4.79 Å². The average Bonchev–Trinajstić information content (AvgIpc) is 2.84. The maximum absolute atomic E-state index is 12.8. The van der Waals surface area contributed by atoms with Crippen molar-refractivity contribution in [1.82, 2.24) is 10.2 Å². The third kappa shape index (κ3) is 6.60. The molecule has 2 fully saturated rings. The van der Waals surface area contributed by atoms with E-state index in [1.165, 1.54) is 0 Å². The van der Waals surface area contributed by atoms with E-state index >= 15 is 0 Å². The molecule has 7 heteroatoms. The number of aliphatic carboxylic acids is 1. The lowest BCUT2D eigenvalue weighted by Crippen LogP contribution is -2.49. The summed E-state index contributed by atoms with van der Waals surface area (Å²) in [6.45, 7) is 7.13. The van der Waals surface area contributed by atoms with E-state index in [9.17, 15) is 19.8 Å². The van der Waals surface area contributed by atoms with E-state index in [1.54, 1.807) is 12.1 Å². The number of carboxylic acid groups (broad SMARTS) is 1. The van der Waals surface area contributed by atoms with Crippen LogP contribution in [0.15, 0.2) is 24.3 Å². The van der Waals surface area contributed by atoms with Crippen LogP contribution in [0.2, 0.25) is 0 Å². The van der Waals surface area contributed by atoms with Gasteiger partial charge in [-0.15, -0.1) is 0 Å². The van der Waals surface area contributed by atoms with Crippen LogP contribution in [-0.2, 0) is 10.4 Å². The molecular formula is C29H45N2O5. The lowest BCUT2D eigenvalue weighted by atomic mass is 9.61. The highest BCUT2D eigenvalue weighted by Crippen LogP contribution is 2.46. The van der Waals surface area contributed by atoms with Gasteiger partial charge in [0, 0.05) is 24.4 Å². The molecule has 3 N–H and O–H groups in total. The van der Waals surface area contributed by atoms with Gasteiger partial charge in [0.1, 0.15) is 5.75 Å². The number of carbonyl (C=O) groups excluding carboxylic acids is 1. The maximum atomic E-state index is 12.8. The summed E-state index contributed by atoms with van der Waals surface area (Å²) in [6.07, 6.45) is 8.27. The van der Waals surface area contributed by atoms with Gasteiger partial charge in [-0.3, -0.25) is 4.79 Å². The second-order valence-electron chi connectivity index (χ2n) is 11.3. The number of carboxylic acids is 1. The Labute approximate surface area is 216 Å². The number of ether oxygens (including phenoxy) is 1. The number of aliphatic hydroxyl groups is 1. The first-order valence-corrected chi connectivity index (χ1v) is 13.6. The quantitative estimate of drug-likeness (QED) is 0.406. The Morgan fingerprint density at radius 3 is 2.50 bits per heavy atom. The van der Waals surface area contributed by atoms with Crippen molar-refractivity contribution in [3.8, 4) is 5.75 Å². The molecule has 0 aromatic heterocycles. The second kappa shape index (κ2) is 12.4. The highest BCUT2D eigenvalue weighted by molar-refractivity contribution is 5.73. The molecule has 4 atom stereocenters. The topological polar surface area (TPSA) is 99.1 Å². The van der Waals surface area contributed by atoms with E-state index in [4.69, 9.17) is 4.74 Å². The minimum absolute atomic E-state index is 0.110. The molecule has 1 aromatic rings. The van der Waals surface area contributed by atoms with Crippen molar-refractivity contribution in [1.29, 1.82) is 0 Å². The second-order valence-corrected chi connectivity index (χ2v) is 11.3. The normalized spacial score (nSPS) is 25.7. The summed E-state index contributed by atoms with van der Waals surface area (Å²) in [7, 11) is 4.04. The van der Waals surface area contributed by atoms with E-state index in [-0.39, 0.29) is 18.4 Å². The van der Waals surface area contributed by atoms with Gasteiger partial charge in [-0.1, -0.05) is 57.6 Å². The summed E-state index contributed by atoms with van der Waals surface area (Å²) >= 11 is 0. The van der Waals surface area contributed by atoms with Crippen LogP contribution in [0.3, 0.4) is 0 Å². The molecule has 36 heavy (non-hydrogen) atoms. The Morgan fingerprint density at radius 2 is 1.86 bits per heavy atom. The number of hydrogen-bond donors (Lipinski definition) is 3. The fourth-order valence-corrected chi connectivity index (χ4v) is 6.56. The summed E-state index contributed by atoms with van der Waals surface area (Å²) in [5, 5.41) is 24.6. The fourth-order valence-electron chi connectivity index (χ4n) is 6.56. The number of benzene rings is 1. The number of rotatable bonds is 10. The van der Waals surface area contributed by atoms with Crippen molar-refractivity contribution < 1.29 is 24.5 Å². The molecule has 1 amide bonds. The third-order valence-electron chi connectivity index (χ3n) is 8.52. The SMILES string of the molecule is [CH2]C(CC)C(C(=O)O)C1(CNC(=O)Oc2cccc([C@]3(O)CCCC[C@@H]3CN(C)C)c2)CCCCC1. The molecule has 0 bridgehead atoms. The van der Waals surface area contributed by atoms with Crippen molar-refractivity contribution in [3.63, 3.8) is 0 Å². The van der Waals surface area contributed by atoms with Gasteiger partial charge in [-0.25, -0.2) is 4.79 Å². The number of amides is 1. The molecule has 1 aromatic carbocycles. The summed E-state index contributed by atoms with van der Waals surface area (Å²) in [6, 6.07) is 7.21. The highest BCUT2D eigenvalue weighted by Gasteiger charge is 2.46. The molecule has 0 saturated heterocycles. The number of carbonyl (C=O) groups is 2. The van der Waals surface area contributed by atoms with Crippen LogP contribution in [0.25, 0.3) is 0 Å². The zero-order chi connectivity index (χ0) is 26.3. The van der Waals surface area contributed by atoms with E-state index < -0.39 is 29.0 Å². The Hall–Kier alpha value is -2.12. The Bertz CT molecular complexity index is 882. The predicted molar refractivity (Wildman–Crippen MR) is 141 cm³/mol. The minimum Gasteiger partial charge on any atom is -0.481 e. The van der Waals surface area contributed by atoms with Crippen LogP contribution in [-0.4, -0.2) is 54.4 Å². The predicted octanol–water partition coefficient (Wildman–Crippen LogP) is 5.23. The summed E-state index contributed by atoms with van der Waals surface area (Å²) in [5.74, 6) is -1.18. The molecule has 2 unspecified atom stereocenters. The molecule has 2 aliphatic rings. The van der Waals surface area contributed by atoms with Crippen LogP contribution >= 0.6 is 0 Å². The van der Waals surface area contributed by atoms with Crippen molar-refractivity contribution in [2.24, 2.45) is 23.2 Å². The first-order chi connectivity index (χ1) is 17.1. The van der Waals surface area contributed by atoms with Gasteiger partial charge in [-0.05, 0) is 70.3 Å². The van der Waals surface area contributed by atoms with Crippen molar-refractivity contribution >= 4 is 12.1 Å². The molecule has 2 saturated carbocycles. The Morgan fingerprint density at radius 1 is 1.17 bits per heavy atom. The molecule has 201 valence electrons. The minimum atomic E-state index is -0.956. The van der Waals surface area contributed by atoms with Crippen molar-refractivity contribution in [2.45, 2.75) is 76.7 Å². The van der Waals surface area contributed by atoms with E-state index in [0.29, 0.717) is 18.6 Å². The third-order valence-corrected chi connectivity index (χ3v) is 8.52. The molecule has 3 rings (SSSR count). The van der Waals surface area contributed by atoms with Gasteiger partial charge < -0.3 is 25.2 Å². The van der Waals surface area contributed by atoms with Crippen LogP contribution in [0.5, 0.6) is 5.75 Å². The monoisotopic (exact) mass is 501 g/mol. The molecule has 0 spiro atoms. The zero-order valence-electron chi connectivity index (χ0n) is 22.3. The van der Waals surface area contributed by atoms with Crippen molar-refractivity contribution in [2.75, 3.05) is 27.2 Å². The molecule has 7 nitrogen and oxygen atoms in total. The smallest absolute Gasteiger partial charge is 0.412 e. The lowest BCUT2D eigenvalue weighted by molar-refractivity contribution is -0.150. The standard InChI is InChI=1S/C29H45N2O5/c1-5-21(2)25(26(32)33)28(15-8-6-9-16-28)20-30-27(34)36-24-14-11-13-22(18-24)29(35)17-10-7-12-23(29)19-31(3)4/h11,13-14,18,21,23,25,35H,2,5-10,12,15-17,19-20H2,1,3-4H3,(H,30,34)(H,32,33)/t21?,23-,25?,29-/m1/s1. The van der Waals surface area contributed by atoms with Crippen LogP contribution in [0.1, 0.15) is 76.7 Å². The van der Waals surface area contributed by atoms with Crippen LogP contribution in [0, 0.1) is 30.1 Å². The van der Waals surface area contributed by atoms with Gasteiger partial charge in [0.2, 0.25) is 0 Å². The van der Waals surface area contributed by atoms with Gasteiger partial charge in [-0.2, -0.15) is 0 Å². The number of nitrogens with zero attached hydrogens (tertiary/aromatic N) is 1. The van der Waals surface area contributed by atoms with Crippen molar-refractivity contribution in [3.05, 3.63) is 36.8 Å². The maximum Gasteiger partial charge on any atom is 0.412 e. The Balaban J connectivity index is 1.72. The summed E-state index contributed by atoms with van der Waals surface area (Å²) in [5.41, 5.74) is -0.705. The largest absolute Gasteiger partial charge is 0.481 e. The first-order valence-electron chi connectivity index (χ1n) is 13.6. The van der Waals surface area contributed by atoms with Gasteiger partial charge in [0.25, 0.3) is 0 Å². The van der Waals surface area contributed by atoms with Crippen LogP contribution < -0.4 is 10.1 Å². The molecule has 2 aliphatic carbocycles. The van der Waals surface area contributed by atoms with E-state index in [1.807, 2.05) is 33.2 Å². The zero-order valence-corrected chi connectivity index (χ0v) is 22.3. The van der Waals surface area contributed by atoms with Gasteiger partial charge >= 0.3 is 12.1 Å². The lowest BCUT2D eigenvalue weighted by Gasteiger charge is -2.44. The molecule has 1 radical (unpaired) electrons. The first kappa shape index (κ1) is 28.5. The average molecular weight is 502 g/mol. The Kier molecular flexibility index (Phi) is 9.81. The molecule has 0 aliphatic heterocycles.